The zero-order valence-electron chi connectivity index (χ0n) is 14.5. The highest BCUT2D eigenvalue weighted by molar-refractivity contribution is 6.76. The van der Waals surface area contributed by atoms with Gasteiger partial charge in [-0.2, -0.15) is 0 Å². The third kappa shape index (κ3) is 10.6. The minimum atomic E-state index is -1.43. The molecular weight excluding hydrogens is 296 g/mol. The van der Waals surface area contributed by atoms with Crippen LogP contribution in [0, 0.1) is 0 Å². The molecule has 5 heteroatoms. The Morgan fingerprint density at radius 1 is 1.10 bits per heavy atom. The van der Waals surface area contributed by atoms with Crippen molar-refractivity contribution in [3.63, 3.8) is 0 Å². The summed E-state index contributed by atoms with van der Waals surface area (Å²) in [6.07, 6.45) is 9.89. The minimum Gasteiger partial charge on any atom is -0.461 e. The van der Waals surface area contributed by atoms with Crippen LogP contribution in [0.25, 0.3) is 0 Å². The quantitative estimate of drug-likeness (QED) is 0.259. The predicted octanol–water partition coefficient (Wildman–Crippen LogP) is 3.88. The number of epoxide rings is 1. The third-order valence-corrected chi connectivity index (χ3v) is 11.0. The van der Waals surface area contributed by atoms with Gasteiger partial charge >= 0.3 is 0 Å². The van der Waals surface area contributed by atoms with Crippen LogP contribution in [-0.4, -0.2) is 44.0 Å². The van der Waals surface area contributed by atoms with Gasteiger partial charge in [-0.1, -0.05) is 52.0 Å². The van der Waals surface area contributed by atoms with Gasteiger partial charge in [0.1, 0.15) is 15.9 Å². The summed E-state index contributed by atoms with van der Waals surface area (Å²) >= 11 is 0. The van der Waals surface area contributed by atoms with Gasteiger partial charge in [-0.15, -0.1) is 0 Å². The van der Waals surface area contributed by atoms with Gasteiger partial charge in [-0.25, -0.2) is 0 Å². The summed E-state index contributed by atoms with van der Waals surface area (Å²) < 4.78 is 17.1. The second-order valence-electron chi connectivity index (χ2n) is 6.53. The van der Waals surface area contributed by atoms with Gasteiger partial charge in [0.15, 0.2) is 8.32 Å². The number of hydrogen-bond acceptors (Lipinski definition) is 3. The SMILES string of the molecule is CCCCCCCC[Si](C)(CCCOCC1CO1)O[SiH2]C. The summed E-state index contributed by atoms with van der Waals surface area (Å²) in [6, 6.07) is 2.63. The van der Waals surface area contributed by atoms with E-state index >= 15 is 0 Å². The number of hydrogen-bond donors (Lipinski definition) is 0. The Morgan fingerprint density at radius 3 is 2.43 bits per heavy atom. The monoisotopic (exact) mass is 332 g/mol. The lowest BCUT2D eigenvalue weighted by Gasteiger charge is -2.27. The van der Waals surface area contributed by atoms with Crippen molar-refractivity contribution in [3.05, 3.63) is 0 Å². The van der Waals surface area contributed by atoms with Crippen molar-refractivity contribution in [2.45, 2.75) is 83.2 Å². The van der Waals surface area contributed by atoms with Gasteiger partial charge in [0, 0.05) is 6.61 Å². The van der Waals surface area contributed by atoms with E-state index < -0.39 is 8.32 Å². The van der Waals surface area contributed by atoms with E-state index in [2.05, 4.69) is 20.0 Å². The summed E-state index contributed by atoms with van der Waals surface area (Å²) in [6.45, 7) is 9.57. The van der Waals surface area contributed by atoms with E-state index in [-0.39, 0.29) is 9.76 Å². The Balaban J connectivity index is 2.05. The molecule has 0 N–H and O–H groups in total. The average molecular weight is 333 g/mol. The van der Waals surface area contributed by atoms with Crippen LogP contribution in [0.3, 0.4) is 0 Å². The molecule has 0 amide bonds. The molecule has 21 heavy (non-hydrogen) atoms. The molecule has 1 saturated heterocycles. The van der Waals surface area contributed by atoms with Gasteiger partial charge < -0.3 is 13.6 Å². The molecule has 2 atom stereocenters. The van der Waals surface area contributed by atoms with Crippen LogP contribution in [0.5, 0.6) is 0 Å². The Bertz CT molecular complexity index is 250. The molecule has 0 aromatic heterocycles. The Hall–Kier alpha value is 0.314. The van der Waals surface area contributed by atoms with Gasteiger partial charge in [0.25, 0.3) is 0 Å². The molecule has 0 bridgehead atoms. The second-order valence-corrected chi connectivity index (χ2v) is 12.2. The molecule has 0 saturated carbocycles. The summed E-state index contributed by atoms with van der Waals surface area (Å²) in [4.78, 5) is 0. The summed E-state index contributed by atoms with van der Waals surface area (Å²) in [5.41, 5.74) is 0. The fraction of sp³-hybridized carbons (Fsp3) is 1.00. The van der Waals surface area contributed by atoms with Crippen LogP contribution < -0.4 is 0 Å². The maximum absolute atomic E-state index is 6.29. The van der Waals surface area contributed by atoms with E-state index in [1.54, 1.807) is 0 Å². The molecule has 0 aromatic rings. The molecule has 1 aliphatic heterocycles. The van der Waals surface area contributed by atoms with Crippen molar-refractivity contribution in [3.8, 4) is 0 Å². The number of ether oxygens (including phenoxy) is 2. The Morgan fingerprint density at radius 2 is 1.76 bits per heavy atom. The van der Waals surface area contributed by atoms with Gasteiger partial charge in [-0.3, -0.25) is 0 Å². The smallest absolute Gasteiger partial charge is 0.176 e. The van der Waals surface area contributed by atoms with Crippen molar-refractivity contribution < 1.29 is 13.6 Å². The van der Waals surface area contributed by atoms with Crippen molar-refractivity contribution in [1.29, 1.82) is 0 Å². The van der Waals surface area contributed by atoms with Crippen molar-refractivity contribution in [2.75, 3.05) is 19.8 Å². The maximum atomic E-state index is 6.29. The van der Waals surface area contributed by atoms with E-state index in [9.17, 15) is 0 Å². The molecule has 0 spiro atoms. The highest BCUT2D eigenvalue weighted by Crippen LogP contribution is 2.23. The van der Waals surface area contributed by atoms with Gasteiger partial charge in [0.05, 0.1) is 13.2 Å². The average Bonchev–Trinajstić information content (AvgIpc) is 3.27. The van der Waals surface area contributed by atoms with Crippen LogP contribution in [-0.2, 0) is 13.6 Å². The van der Waals surface area contributed by atoms with Crippen LogP contribution >= 0.6 is 0 Å². The largest absolute Gasteiger partial charge is 0.461 e. The van der Waals surface area contributed by atoms with E-state index in [1.165, 1.54) is 57.0 Å². The number of unbranched alkanes of at least 4 members (excludes halogenated alkanes) is 5. The Kier molecular flexibility index (Phi) is 10.9. The van der Waals surface area contributed by atoms with E-state index in [0.29, 0.717) is 6.10 Å². The lowest BCUT2D eigenvalue weighted by Crippen LogP contribution is -2.35. The van der Waals surface area contributed by atoms with Crippen LogP contribution in [0.2, 0.25) is 25.2 Å². The first-order valence-electron chi connectivity index (χ1n) is 9.03. The maximum Gasteiger partial charge on any atom is 0.176 e. The first kappa shape index (κ1) is 19.4. The first-order valence-corrected chi connectivity index (χ1v) is 13.8. The summed E-state index contributed by atoms with van der Waals surface area (Å²) in [7, 11) is -1.71. The molecule has 1 heterocycles. The molecule has 3 nitrogen and oxygen atoms in total. The fourth-order valence-electron chi connectivity index (χ4n) is 2.82. The summed E-state index contributed by atoms with van der Waals surface area (Å²) in [5, 5.41) is 0. The molecule has 1 rings (SSSR count). The van der Waals surface area contributed by atoms with Crippen LogP contribution in [0.1, 0.15) is 51.9 Å². The van der Waals surface area contributed by atoms with Gasteiger partial charge in [-0.05, 0) is 25.1 Å². The predicted molar refractivity (Wildman–Crippen MR) is 95.3 cm³/mol. The molecule has 126 valence electrons. The van der Waals surface area contributed by atoms with E-state index in [4.69, 9.17) is 13.6 Å². The molecule has 2 unspecified atom stereocenters. The lowest BCUT2D eigenvalue weighted by atomic mass is 10.1. The van der Waals surface area contributed by atoms with Crippen molar-refractivity contribution >= 4 is 18.1 Å². The normalized spacial score (nSPS) is 21.0. The van der Waals surface area contributed by atoms with Crippen LogP contribution in [0.15, 0.2) is 0 Å². The molecule has 1 fully saturated rings. The molecular formula is C16H36O3Si2. The topological polar surface area (TPSA) is 31.0 Å². The Labute approximate surface area is 135 Å². The number of rotatable bonds is 15. The molecule has 0 radical (unpaired) electrons. The lowest BCUT2D eigenvalue weighted by molar-refractivity contribution is 0.116. The molecule has 0 aliphatic carbocycles. The van der Waals surface area contributed by atoms with Gasteiger partial charge in [0.2, 0.25) is 0 Å². The first-order chi connectivity index (χ1) is 10.2. The van der Waals surface area contributed by atoms with E-state index in [0.717, 1.165) is 19.8 Å². The standard InChI is InChI=1S/C16H36O3Si2/c1-4-5-6-7-8-9-12-21(3,19-20-2)13-10-11-17-14-16-15-18-16/h16H,4-15,20H2,1-3H3. The second kappa shape index (κ2) is 11.8. The van der Waals surface area contributed by atoms with Crippen molar-refractivity contribution in [2.24, 2.45) is 0 Å². The van der Waals surface area contributed by atoms with Crippen LogP contribution in [0.4, 0.5) is 0 Å². The minimum absolute atomic E-state index is 0.279. The third-order valence-electron chi connectivity index (χ3n) is 4.25. The zero-order valence-corrected chi connectivity index (χ0v) is 16.9. The molecule has 1 aliphatic rings. The summed E-state index contributed by atoms with van der Waals surface area (Å²) in [5.74, 6) is 0. The highest BCUT2D eigenvalue weighted by Gasteiger charge is 2.27. The van der Waals surface area contributed by atoms with Crippen molar-refractivity contribution in [1.82, 2.24) is 0 Å². The molecule has 0 aromatic carbocycles. The zero-order chi connectivity index (χ0) is 15.4. The highest BCUT2D eigenvalue weighted by atomic mass is 28.4. The fourth-order valence-corrected chi connectivity index (χ4v) is 8.91. The van der Waals surface area contributed by atoms with E-state index in [1.807, 2.05) is 0 Å².